The molecule has 1 aliphatic heterocycles. The normalized spacial score (nSPS) is 16.1. The molecule has 4 rings (SSSR count). The van der Waals surface area contributed by atoms with Crippen molar-refractivity contribution in [2.75, 3.05) is 32.7 Å². The monoisotopic (exact) mass is 431 g/mol. The molecule has 8 nitrogen and oxygen atoms in total. The molecule has 0 saturated carbocycles. The van der Waals surface area contributed by atoms with Crippen LogP contribution < -0.4 is 5.32 Å². The maximum atomic E-state index is 13.1. The third kappa shape index (κ3) is 4.45. The topological polar surface area (TPSA) is 95.5 Å². The van der Waals surface area contributed by atoms with Gasteiger partial charge < -0.3 is 5.32 Å². The molecule has 1 saturated heterocycles. The van der Waals surface area contributed by atoms with E-state index in [4.69, 9.17) is 0 Å². The fraction of sp³-hybridized carbons (Fsp3) is 0.316. The summed E-state index contributed by atoms with van der Waals surface area (Å²) >= 11 is 1.00. The maximum absolute atomic E-state index is 13.1. The van der Waals surface area contributed by atoms with Crippen molar-refractivity contribution in [3.8, 4) is 0 Å². The first-order chi connectivity index (χ1) is 14.0. The van der Waals surface area contributed by atoms with Crippen LogP contribution >= 0.6 is 11.7 Å². The van der Waals surface area contributed by atoms with E-state index >= 15 is 0 Å². The minimum atomic E-state index is -3.65. The molecule has 1 amide bonds. The number of aromatic nitrogens is 2. The van der Waals surface area contributed by atoms with Gasteiger partial charge in [0, 0.05) is 32.7 Å². The molecule has 1 aromatic heterocycles. The highest BCUT2D eigenvalue weighted by Crippen LogP contribution is 2.25. The minimum Gasteiger partial charge on any atom is -0.351 e. The average Bonchev–Trinajstić information content (AvgIpc) is 3.22. The lowest BCUT2D eigenvalue weighted by atomic mass is 10.2. The van der Waals surface area contributed by atoms with Crippen LogP contribution in [-0.2, 0) is 21.4 Å². The predicted octanol–water partition coefficient (Wildman–Crippen LogP) is 1.31. The number of nitrogens with one attached hydrogen (secondary N) is 1. The number of amides is 1. The van der Waals surface area contributed by atoms with Crippen molar-refractivity contribution in [1.29, 1.82) is 0 Å². The lowest BCUT2D eigenvalue weighted by Gasteiger charge is -2.33. The molecule has 2 aromatic carbocycles. The first-order valence-electron chi connectivity index (χ1n) is 9.28. The molecule has 0 radical (unpaired) electrons. The first kappa shape index (κ1) is 19.9. The van der Waals surface area contributed by atoms with Crippen molar-refractivity contribution in [3.05, 3.63) is 54.1 Å². The summed E-state index contributed by atoms with van der Waals surface area (Å²) in [5, 5.41) is 2.90. The number of carbonyl (C=O) groups excluding carboxylic acids is 1. The van der Waals surface area contributed by atoms with E-state index in [1.165, 1.54) is 4.31 Å². The quantitative estimate of drug-likeness (QED) is 0.632. The zero-order valence-corrected chi connectivity index (χ0v) is 17.3. The summed E-state index contributed by atoms with van der Waals surface area (Å²) in [6.45, 7) is 2.42. The van der Waals surface area contributed by atoms with Crippen LogP contribution in [0.1, 0.15) is 5.56 Å². The van der Waals surface area contributed by atoms with E-state index in [9.17, 15) is 13.2 Å². The van der Waals surface area contributed by atoms with E-state index in [1.54, 1.807) is 18.2 Å². The van der Waals surface area contributed by atoms with Gasteiger partial charge in [0.25, 0.3) is 0 Å². The van der Waals surface area contributed by atoms with E-state index in [-0.39, 0.29) is 17.3 Å². The molecule has 0 unspecified atom stereocenters. The van der Waals surface area contributed by atoms with E-state index in [0.29, 0.717) is 43.8 Å². The Labute approximate surface area is 173 Å². The van der Waals surface area contributed by atoms with Crippen molar-refractivity contribution in [3.63, 3.8) is 0 Å². The first-order valence-corrected chi connectivity index (χ1v) is 11.5. The van der Waals surface area contributed by atoms with Crippen molar-refractivity contribution in [1.82, 2.24) is 23.3 Å². The van der Waals surface area contributed by atoms with Crippen LogP contribution in [0.25, 0.3) is 11.0 Å². The molecule has 152 valence electrons. The molecular weight excluding hydrogens is 410 g/mol. The second kappa shape index (κ2) is 8.54. The summed E-state index contributed by atoms with van der Waals surface area (Å²) in [5.74, 6) is -0.0662. The number of fused-ring (bicyclic) bond motifs is 1. The standard InChI is InChI=1S/C19H21N5O3S2/c25-18(20-13-15-5-2-1-3-6-15)14-23-9-11-24(12-10-23)29(26,27)17-8-4-7-16-19(17)22-28-21-16/h1-8H,9-14H2,(H,20,25). The van der Waals surface area contributed by atoms with Gasteiger partial charge in [0.2, 0.25) is 15.9 Å². The van der Waals surface area contributed by atoms with Gasteiger partial charge >= 0.3 is 0 Å². The molecule has 1 fully saturated rings. The smallest absolute Gasteiger partial charge is 0.245 e. The summed E-state index contributed by atoms with van der Waals surface area (Å²) in [5.41, 5.74) is 2.05. The highest BCUT2D eigenvalue weighted by atomic mass is 32.2. The van der Waals surface area contributed by atoms with Crippen LogP contribution in [0.2, 0.25) is 0 Å². The van der Waals surface area contributed by atoms with Gasteiger partial charge in [-0.1, -0.05) is 36.4 Å². The lowest BCUT2D eigenvalue weighted by Crippen LogP contribution is -2.51. The van der Waals surface area contributed by atoms with Crippen LogP contribution in [0, 0.1) is 0 Å². The zero-order valence-electron chi connectivity index (χ0n) is 15.7. The van der Waals surface area contributed by atoms with Crippen LogP contribution in [0.3, 0.4) is 0 Å². The summed E-state index contributed by atoms with van der Waals surface area (Å²) in [7, 11) is -3.65. The number of benzene rings is 2. The minimum absolute atomic E-state index is 0.0662. The van der Waals surface area contributed by atoms with Crippen LogP contribution in [0.5, 0.6) is 0 Å². The molecule has 0 aliphatic carbocycles. The van der Waals surface area contributed by atoms with Crippen molar-refractivity contribution in [2.45, 2.75) is 11.4 Å². The Kier molecular flexibility index (Phi) is 5.86. The van der Waals surface area contributed by atoms with Gasteiger partial charge in [-0.3, -0.25) is 9.69 Å². The van der Waals surface area contributed by atoms with Crippen molar-refractivity contribution in [2.24, 2.45) is 0 Å². The van der Waals surface area contributed by atoms with Gasteiger partial charge in [-0.15, -0.1) is 0 Å². The number of hydrogen-bond donors (Lipinski definition) is 1. The van der Waals surface area contributed by atoms with Gasteiger partial charge in [-0.25, -0.2) is 8.42 Å². The Bertz CT molecular complexity index is 1090. The second-order valence-corrected chi connectivity index (χ2v) is 9.27. The summed E-state index contributed by atoms with van der Waals surface area (Å²) in [6.07, 6.45) is 0. The van der Waals surface area contributed by atoms with E-state index in [1.807, 2.05) is 35.2 Å². The molecular formula is C19H21N5O3S2. The van der Waals surface area contributed by atoms with Gasteiger partial charge in [0.05, 0.1) is 18.3 Å². The molecule has 0 spiro atoms. The molecule has 1 N–H and O–H groups in total. The summed E-state index contributed by atoms with van der Waals surface area (Å²) in [4.78, 5) is 14.4. The number of rotatable bonds is 6. The van der Waals surface area contributed by atoms with Crippen molar-refractivity contribution < 1.29 is 13.2 Å². The SMILES string of the molecule is O=C(CN1CCN(S(=O)(=O)c2cccc3nsnc23)CC1)NCc1ccccc1. The van der Waals surface area contributed by atoms with Crippen molar-refractivity contribution >= 4 is 38.7 Å². The fourth-order valence-electron chi connectivity index (χ4n) is 3.31. The summed E-state index contributed by atoms with van der Waals surface area (Å²) < 4.78 is 35.8. The highest BCUT2D eigenvalue weighted by Gasteiger charge is 2.31. The third-order valence-electron chi connectivity index (χ3n) is 4.90. The number of sulfonamides is 1. The Morgan fingerprint density at radius 2 is 1.76 bits per heavy atom. The molecule has 1 aliphatic rings. The molecule has 0 atom stereocenters. The molecule has 10 heteroatoms. The average molecular weight is 432 g/mol. The molecule has 29 heavy (non-hydrogen) atoms. The highest BCUT2D eigenvalue weighted by molar-refractivity contribution is 7.89. The molecule has 2 heterocycles. The van der Waals surface area contributed by atoms with Gasteiger partial charge in [-0.2, -0.15) is 13.1 Å². The van der Waals surface area contributed by atoms with Crippen LogP contribution in [0.4, 0.5) is 0 Å². The van der Waals surface area contributed by atoms with Gasteiger partial charge in [-0.05, 0) is 17.7 Å². The van der Waals surface area contributed by atoms with Gasteiger partial charge in [0.15, 0.2) is 0 Å². The Morgan fingerprint density at radius 3 is 2.52 bits per heavy atom. The van der Waals surface area contributed by atoms with Gasteiger partial charge in [0.1, 0.15) is 15.9 Å². The van der Waals surface area contributed by atoms with E-state index < -0.39 is 10.0 Å². The predicted molar refractivity (Wildman–Crippen MR) is 111 cm³/mol. The number of carbonyl (C=O) groups is 1. The largest absolute Gasteiger partial charge is 0.351 e. The molecule has 0 bridgehead atoms. The second-order valence-electron chi connectivity index (χ2n) is 6.83. The Balaban J connectivity index is 1.33. The third-order valence-corrected chi connectivity index (χ3v) is 7.37. The lowest BCUT2D eigenvalue weighted by molar-refractivity contribution is -0.122. The zero-order chi connectivity index (χ0) is 20.3. The van der Waals surface area contributed by atoms with Crippen LogP contribution in [0.15, 0.2) is 53.4 Å². The maximum Gasteiger partial charge on any atom is 0.245 e. The number of piperazine rings is 1. The Morgan fingerprint density at radius 1 is 1.00 bits per heavy atom. The molecule has 3 aromatic rings. The number of nitrogens with zero attached hydrogens (tertiary/aromatic N) is 4. The Hall–Kier alpha value is -2.40. The number of hydrogen-bond acceptors (Lipinski definition) is 7. The van der Waals surface area contributed by atoms with E-state index in [0.717, 1.165) is 17.3 Å². The summed E-state index contributed by atoms with van der Waals surface area (Å²) in [6, 6.07) is 14.7. The fourth-order valence-corrected chi connectivity index (χ4v) is 5.49. The van der Waals surface area contributed by atoms with E-state index in [2.05, 4.69) is 14.1 Å². The van der Waals surface area contributed by atoms with Crippen LogP contribution in [-0.4, -0.2) is 65.0 Å².